The maximum absolute atomic E-state index is 13.0. The van der Waals surface area contributed by atoms with Crippen LogP contribution in [0.3, 0.4) is 0 Å². The normalized spacial score (nSPS) is 15.2. The maximum atomic E-state index is 13.0. The number of hydrogen-bond donors (Lipinski definition) is 1. The van der Waals surface area contributed by atoms with Crippen molar-refractivity contribution in [2.75, 3.05) is 39.9 Å². The lowest BCUT2D eigenvalue weighted by Gasteiger charge is -2.34. The molecule has 0 atom stereocenters. The number of rotatable bonds is 6. The van der Waals surface area contributed by atoms with Crippen LogP contribution < -0.4 is 9.47 Å². The van der Waals surface area contributed by atoms with Gasteiger partial charge in [0.15, 0.2) is 6.61 Å². The first-order chi connectivity index (χ1) is 13.8. The summed E-state index contributed by atoms with van der Waals surface area (Å²) in [4.78, 5) is 14.2. The maximum Gasteiger partial charge on any atom is 0.260 e. The van der Waals surface area contributed by atoms with E-state index in [9.17, 15) is 18.3 Å². The zero-order chi connectivity index (χ0) is 21.0. The molecule has 2 aromatic carbocycles. The number of hydrogen-bond acceptors (Lipinski definition) is 6. The Hall–Kier alpha value is -2.78. The first-order valence-electron chi connectivity index (χ1n) is 9.15. The number of carbonyl (C=O) groups excluding carboxylic acids is 1. The van der Waals surface area contributed by atoms with Gasteiger partial charge in [-0.05, 0) is 55.0 Å². The number of phenolic OH excluding ortho intramolecular Hbond substituents is 1. The number of carbonyl (C=O) groups is 1. The highest BCUT2D eigenvalue weighted by molar-refractivity contribution is 7.89. The summed E-state index contributed by atoms with van der Waals surface area (Å²) in [6, 6.07) is 11.0. The van der Waals surface area contributed by atoms with E-state index in [4.69, 9.17) is 9.47 Å². The van der Waals surface area contributed by atoms with Crippen LogP contribution in [0.5, 0.6) is 17.2 Å². The van der Waals surface area contributed by atoms with Crippen LogP contribution >= 0.6 is 0 Å². The second kappa shape index (κ2) is 8.71. The summed E-state index contributed by atoms with van der Waals surface area (Å²) in [5.74, 6) is 0.988. The monoisotopic (exact) mass is 420 g/mol. The van der Waals surface area contributed by atoms with Crippen LogP contribution in [0.4, 0.5) is 0 Å². The third-order valence-corrected chi connectivity index (χ3v) is 6.85. The Bertz CT molecular complexity index is 967. The van der Waals surface area contributed by atoms with E-state index in [1.54, 1.807) is 42.2 Å². The molecule has 0 aliphatic carbocycles. The van der Waals surface area contributed by atoms with Crippen LogP contribution in [-0.4, -0.2) is 68.5 Å². The predicted molar refractivity (Wildman–Crippen MR) is 107 cm³/mol. The lowest BCUT2D eigenvalue weighted by molar-refractivity contribution is -0.134. The summed E-state index contributed by atoms with van der Waals surface area (Å²) in [5, 5.41) is 9.26. The van der Waals surface area contributed by atoms with Crippen molar-refractivity contribution in [2.45, 2.75) is 11.8 Å². The fraction of sp³-hybridized carbons (Fsp3) is 0.350. The number of aromatic hydroxyl groups is 1. The summed E-state index contributed by atoms with van der Waals surface area (Å²) in [6.07, 6.45) is 0. The van der Waals surface area contributed by atoms with Crippen molar-refractivity contribution in [3.63, 3.8) is 0 Å². The van der Waals surface area contributed by atoms with Crippen LogP contribution in [0, 0.1) is 6.92 Å². The molecule has 1 N–H and O–H groups in total. The number of nitrogens with zero attached hydrogens (tertiary/aromatic N) is 2. The van der Waals surface area contributed by atoms with Crippen molar-refractivity contribution < 1.29 is 27.8 Å². The van der Waals surface area contributed by atoms with Gasteiger partial charge in [-0.3, -0.25) is 4.79 Å². The van der Waals surface area contributed by atoms with Gasteiger partial charge in [0.05, 0.1) is 12.0 Å². The summed E-state index contributed by atoms with van der Waals surface area (Å²) in [5.41, 5.74) is 0.616. The SMILES string of the molecule is COc1ccc(S(=O)(=O)N2CCN(C(=O)COc3ccc(O)cc3)CC2)c(C)c1. The second-order valence-electron chi connectivity index (χ2n) is 6.70. The third-order valence-electron chi connectivity index (χ3n) is 4.79. The molecule has 0 spiro atoms. The van der Waals surface area contributed by atoms with Gasteiger partial charge in [0.25, 0.3) is 5.91 Å². The number of amides is 1. The van der Waals surface area contributed by atoms with Crippen molar-refractivity contribution >= 4 is 15.9 Å². The molecule has 8 nitrogen and oxygen atoms in total. The van der Waals surface area contributed by atoms with E-state index in [0.29, 0.717) is 30.2 Å². The first-order valence-corrected chi connectivity index (χ1v) is 10.6. The van der Waals surface area contributed by atoms with Crippen LogP contribution in [0.1, 0.15) is 5.56 Å². The van der Waals surface area contributed by atoms with Crippen molar-refractivity contribution in [3.05, 3.63) is 48.0 Å². The van der Waals surface area contributed by atoms with Crippen LogP contribution in [0.25, 0.3) is 0 Å². The molecule has 2 aromatic rings. The van der Waals surface area contributed by atoms with E-state index in [2.05, 4.69) is 0 Å². The van der Waals surface area contributed by atoms with Gasteiger partial charge in [0, 0.05) is 26.2 Å². The predicted octanol–water partition coefficient (Wildman–Crippen LogP) is 1.62. The highest BCUT2D eigenvalue weighted by Gasteiger charge is 2.31. The van der Waals surface area contributed by atoms with Crippen molar-refractivity contribution in [3.8, 4) is 17.2 Å². The Morgan fingerprint density at radius 3 is 2.24 bits per heavy atom. The smallest absolute Gasteiger partial charge is 0.260 e. The molecule has 0 bridgehead atoms. The zero-order valence-electron chi connectivity index (χ0n) is 16.4. The third kappa shape index (κ3) is 4.80. The summed E-state index contributed by atoms with van der Waals surface area (Å²) in [6.45, 7) is 2.63. The molecule has 1 saturated heterocycles. The van der Waals surface area contributed by atoms with E-state index >= 15 is 0 Å². The fourth-order valence-corrected chi connectivity index (χ4v) is 4.76. The highest BCUT2D eigenvalue weighted by Crippen LogP contribution is 2.25. The molecule has 0 aromatic heterocycles. The molecule has 1 aliphatic heterocycles. The molecule has 156 valence electrons. The van der Waals surface area contributed by atoms with Gasteiger partial charge in [-0.2, -0.15) is 4.31 Å². The number of sulfonamides is 1. The lowest BCUT2D eigenvalue weighted by Crippen LogP contribution is -2.51. The van der Waals surface area contributed by atoms with Gasteiger partial charge >= 0.3 is 0 Å². The number of ether oxygens (including phenoxy) is 2. The van der Waals surface area contributed by atoms with Crippen LogP contribution in [-0.2, 0) is 14.8 Å². The standard InChI is InChI=1S/C20H24N2O6S/c1-15-13-18(27-2)7-8-19(15)29(25,26)22-11-9-21(10-12-22)20(24)14-28-17-5-3-16(23)4-6-17/h3-8,13,23H,9-12,14H2,1-2H3. The quantitative estimate of drug-likeness (QED) is 0.763. The molecule has 0 radical (unpaired) electrons. The van der Waals surface area contributed by atoms with Gasteiger partial charge in [0.2, 0.25) is 10.0 Å². The van der Waals surface area contributed by atoms with Crippen molar-refractivity contribution in [1.29, 1.82) is 0 Å². The number of benzene rings is 2. The number of phenols is 1. The van der Waals surface area contributed by atoms with Gasteiger partial charge in [0.1, 0.15) is 17.2 Å². The molecule has 0 unspecified atom stereocenters. The lowest BCUT2D eigenvalue weighted by atomic mass is 10.2. The molecule has 29 heavy (non-hydrogen) atoms. The van der Waals surface area contributed by atoms with Crippen molar-refractivity contribution in [1.82, 2.24) is 9.21 Å². The topological polar surface area (TPSA) is 96.4 Å². The van der Waals surface area contributed by atoms with Gasteiger partial charge in [-0.25, -0.2) is 8.42 Å². The van der Waals surface area contributed by atoms with E-state index in [1.165, 1.54) is 23.5 Å². The minimum absolute atomic E-state index is 0.119. The second-order valence-corrected chi connectivity index (χ2v) is 8.61. The first kappa shape index (κ1) is 20.9. The molecule has 3 rings (SSSR count). The molecular formula is C20H24N2O6S. The number of aryl methyl sites for hydroxylation is 1. The number of methoxy groups -OCH3 is 1. The fourth-order valence-electron chi connectivity index (χ4n) is 3.13. The molecule has 1 aliphatic rings. The minimum Gasteiger partial charge on any atom is -0.508 e. The van der Waals surface area contributed by atoms with E-state index in [0.717, 1.165) is 0 Å². The summed E-state index contributed by atoms with van der Waals surface area (Å²) < 4.78 is 37.9. The van der Waals surface area contributed by atoms with Gasteiger partial charge in [-0.1, -0.05) is 0 Å². The average molecular weight is 420 g/mol. The molecule has 0 saturated carbocycles. The molecule has 1 amide bonds. The van der Waals surface area contributed by atoms with Gasteiger partial charge < -0.3 is 19.5 Å². The van der Waals surface area contributed by atoms with Gasteiger partial charge in [-0.15, -0.1) is 0 Å². The molecule has 9 heteroatoms. The number of piperazine rings is 1. The highest BCUT2D eigenvalue weighted by atomic mass is 32.2. The largest absolute Gasteiger partial charge is 0.508 e. The van der Waals surface area contributed by atoms with Crippen molar-refractivity contribution in [2.24, 2.45) is 0 Å². The van der Waals surface area contributed by atoms with E-state index in [1.807, 2.05) is 0 Å². The van der Waals surface area contributed by atoms with Crippen LogP contribution in [0.15, 0.2) is 47.4 Å². The Labute approximate surface area is 170 Å². The average Bonchev–Trinajstić information content (AvgIpc) is 2.73. The summed E-state index contributed by atoms with van der Waals surface area (Å²) in [7, 11) is -2.11. The zero-order valence-corrected chi connectivity index (χ0v) is 17.2. The van der Waals surface area contributed by atoms with E-state index in [-0.39, 0.29) is 36.2 Å². The molecule has 1 heterocycles. The Morgan fingerprint density at radius 2 is 1.66 bits per heavy atom. The molecule has 1 fully saturated rings. The Morgan fingerprint density at radius 1 is 1.03 bits per heavy atom. The Balaban J connectivity index is 1.57. The minimum atomic E-state index is -3.64. The van der Waals surface area contributed by atoms with E-state index < -0.39 is 10.0 Å². The van der Waals surface area contributed by atoms with Crippen LogP contribution in [0.2, 0.25) is 0 Å². The Kier molecular flexibility index (Phi) is 6.29. The molecular weight excluding hydrogens is 396 g/mol. The summed E-state index contributed by atoms with van der Waals surface area (Å²) >= 11 is 0.